The predicted octanol–water partition coefficient (Wildman–Crippen LogP) is 1.34. The van der Waals surface area contributed by atoms with Gasteiger partial charge in [0.05, 0.1) is 20.3 Å². The smallest absolute Gasteiger partial charge is 0.160 e. The van der Waals surface area contributed by atoms with Crippen LogP contribution >= 0.6 is 0 Å². The molecule has 0 atom stereocenters. The average molecular weight is 226 g/mol. The van der Waals surface area contributed by atoms with E-state index < -0.39 is 0 Å². The molecule has 0 aromatic heterocycles. The molecule has 1 rings (SSSR count). The molecule has 1 aromatic rings. The van der Waals surface area contributed by atoms with E-state index >= 15 is 0 Å². The summed E-state index contributed by atoms with van der Waals surface area (Å²) >= 11 is 0. The number of aliphatic hydroxyl groups is 1. The molecule has 0 amide bonds. The van der Waals surface area contributed by atoms with Crippen molar-refractivity contribution in [2.75, 3.05) is 26.9 Å². The monoisotopic (exact) mass is 226 g/mol. The van der Waals surface area contributed by atoms with Gasteiger partial charge in [0.15, 0.2) is 11.5 Å². The fourth-order valence-corrected chi connectivity index (χ4v) is 1.42. The zero-order chi connectivity index (χ0) is 11.8. The van der Waals surface area contributed by atoms with Crippen LogP contribution in [0.25, 0.3) is 0 Å². The van der Waals surface area contributed by atoms with Crippen LogP contribution < -0.4 is 4.74 Å². The Hall–Kier alpha value is -1.26. The Morgan fingerprint density at radius 1 is 1.25 bits per heavy atom. The maximum absolute atomic E-state index is 9.40. The lowest BCUT2D eigenvalue weighted by atomic mass is 10.1. The van der Waals surface area contributed by atoms with E-state index in [0.29, 0.717) is 19.0 Å². The topological polar surface area (TPSA) is 58.9 Å². The van der Waals surface area contributed by atoms with E-state index in [9.17, 15) is 5.11 Å². The molecule has 0 heterocycles. The van der Waals surface area contributed by atoms with Crippen molar-refractivity contribution in [2.24, 2.45) is 0 Å². The lowest BCUT2D eigenvalue weighted by Crippen LogP contribution is -2.01. The summed E-state index contributed by atoms with van der Waals surface area (Å²) in [4.78, 5) is 0. The second-order valence-corrected chi connectivity index (χ2v) is 3.45. The van der Waals surface area contributed by atoms with Gasteiger partial charge in [-0.3, -0.25) is 0 Å². The molecular formula is C12H18O4. The van der Waals surface area contributed by atoms with Crippen molar-refractivity contribution in [2.45, 2.75) is 12.8 Å². The molecule has 0 unspecified atom stereocenters. The van der Waals surface area contributed by atoms with Gasteiger partial charge in [0.2, 0.25) is 0 Å². The number of aromatic hydroxyl groups is 1. The third kappa shape index (κ3) is 4.08. The van der Waals surface area contributed by atoms with Crippen molar-refractivity contribution < 1.29 is 19.7 Å². The molecule has 1 aromatic carbocycles. The molecule has 0 fully saturated rings. The van der Waals surface area contributed by atoms with E-state index in [-0.39, 0.29) is 12.4 Å². The second-order valence-electron chi connectivity index (χ2n) is 3.45. The van der Waals surface area contributed by atoms with E-state index in [1.807, 2.05) is 12.1 Å². The molecule has 0 saturated carbocycles. The third-order valence-corrected chi connectivity index (χ3v) is 2.23. The van der Waals surface area contributed by atoms with Crippen LogP contribution in [0.4, 0.5) is 0 Å². The molecule has 16 heavy (non-hydrogen) atoms. The van der Waals surface area contributed by atoms with Crippen LogP contribution in [0.3, 0.4) is 0 Å². The first-order chi connectivity index (χ1) is 7.77. The lowest BCUT2D eigenvalue weighted by Gasteiger charge is -2.06. The molecule has 0 aliphatic rings. The molecular weight excluding hydrogens is 208 g/mol. The summed E-state index contributed by atoms with van der Waals surface area (Å²) in [5.74, 6) is 0.650. The van der Waals surface area contributed by atoms with Gasteiger partial charge in [-0.1, -0.05) is 6.07 Å². The van der Waals surface area contributed by atoms with Gasteiger partial charge >= 0.3 is 0 Å². The summed E-state index contributed by atoms with van der Waals surface area (Å²) in [5.41, 5.74) is 1.10. The molecule has 0 aliphatic carbocycles. The summed E-state index contributed by atoms with van der Waals surface area (Å²) in [6.45, 7) is 1.08. The van der Waals surface area contributed by atoms with Gasteiger partial charge in [0.1, 0.15) is 0 Å². The van der Waals surface area contributed by atoms with Crippen LogP contribution in [0, 0.1) is 0 Å². The van der Waals surface area contributed by atoms with E-state index in [4.69, 9.17) is 14.6 Å². The highest BCUT2D eigenvalue weighted by Crippen LogP contribution is 2.26. The Morgan fingerprint density at radius 2 is 2.06 bits per heavy atom. The predicted molar refractivity (Wildman–Crippen MR) is 60.9 cm³/mol. The Labute approximate surface area is 95.4 Å². The lowest BCUT2D eigenvalue weighted by molar-refractivity contribution is 0.0909. The van der Waals surface area contributed by atoms with Gasteiger partial charge < -0.3 is 19.7 Å². The van der Waals surface area contributed by atoms with Gasteiger partial charge in [-0.15, -0.1) is 0 Å². The minimum Gasteiger partial charge on any atom is -0.504 e. The fourth-order valence-electron chi connectivity index (χ4n) is 1.42. The standard InChI is InChI=1S/C12H18O4/c1-15-12-9-10(4-5-11(12)14)3-2-7-16-8-6-13/h4-5,9,13-14H,2-3,6-8H2,1H3. The Bertz CT molecular complexity index is 312. The van der Waals surface area contributed by atoms with E-state index in [0.717, 1.165) is 18.4 Å². The summed E-state index contributed by atoms with van der Waals surface area (Å²) in [6, 6.07) is 5.31. The molecule has 2 N–H and O–H groups in total. The number of phenols is 1. The van der Waals surface area contributed by atoms with Crippen LogP contribution in [0.2, 0.25) is 0 Å². The third-order valence-electron chi connectivity index (χ3n) is 2.23. The zero-order valence-electron chi connectivity index (χ0n) is 9.48. The average Bonchev–Trinajstić information content (AvgIpc) is 2.31. The fraction of sp³-hybridized carbons (Fsp3) is 0.500. The molecule has 4 nitrogen and oxygen atoms in total. The highest BCUT2D eigenvalue weighted by molar-refractivity contribution is 5.41. The minimum absolute atomic E-state index is 0.0625. The quantitative estimate of drug-likeness (QED) is 0.689. The summed E-state index contributed by atoms with van der Waals surface area (Å²) in [6.07, 6.45) is 1.75. The maximum Gasteiger partial charge on any atom is 0.160 e. The van der Waals surface area contributed by atoms with Crippen molar-refractivity contribution in [3.63, 3.8) is 0 Å². The van der Waals surface area contributed by atoms with Crippen LogP contribution in [0.15, 0.2) is 18.2 Å². The molecule has 0 saturated heterocycles. The Morgan fingerprint density at radius 3 is 2.75 bits per heavy atom. The SMILES string of the molecule is COc1cc(CCCOCCO)ccc1O. The number of methoxy groups -OCH3 is 1. The van der Waals surface area contributed by atoms with Crippen LogP contribution in [0.1, 0.15) is 12.0 Å². The number of aryl methyl sites for hydroxylation is 1. The number of hydrogen-bond acceptors (Lipinski definition) is 4. The molecule has 0 bridgehead atoms. The summed E-state index contributed by atoms with van der Waals surface area (Å²) < 4.78 is 10.2. The Kier molecular flexibility index (Phi) is 5.67. The van der Waals surface area contributed by atoms with Crippen LogP contribution in [-0.4, -0.2) is 37.1 Å². The van der Waals surface area contributed by atoms with Gasteiger partial charge in [-0.05, 0) is 30.5 Å². The largest absolute Gasteiger partial charge is 0.504 e. The van der Waals surface area contributed by atoms with Gasteiger partial charge in [-0.25, -0.2) is 0 Å². The highest BCUT2D eigenvalue weighted by Gasteiger charge is 2.02. The zero-order valence-corrected chi connectivity index (χ0v) is 9.48. The number of rotatable bonds is 7. The molecule has 4 heteroatoms. The maximum atomic E-state index is 9.40. The van der Waals surface area contributed by atoms with E-state index in [2.05, 4.69) is 0 Å². The number of benzene rings is 1. The normalized spacial score (nSPS) is 10.4. The van der Waals surface area contributed by atoms with Crippen molar-refractivity contribution >= 4 is 0 Å². The van der Waals surface area contributed by atoms with E-state index in [1.165, 1.54) is 7.11 Å². The minimum atomic E-state index is 0.0625. The summed E-state index contributed by atoms with van der Waals surface area (Å²) in [5, 5.41) is 17.9. The summed E-state index contributed by atoms with van der Waals surface area (Å²) in [7, 11) is 1.53. The number of phenolic OH excluding ortho intramolecular Hbond substituents is 1. The van der Waals surface area contributed by atoms with Crippen molar-refractivity contribution in [1.29, 1.82) is 0 Å². The number of ether oxygens (including phenoxy) is 2. The first-order valence-electron chi connectivity index (χ1n) is 5.32. The van der Waals surface area contributed by atoms with Crippen molar-refractivity contribution in [3.8, 4) is 11.5 Å². The van der Waals surface area contributed by atoms with E-state index in [1.54, 1.807) is 6.07 Å². The van der Waals surface area contributed by atoms with Crippen molar-refractivity contribution in [3.05, 3.63) is 23.8 Å². The number of hydrogen-bond donors (Lipinski definition) is 2. The molecule has 0 radical (unpaired) electrons. The van der Waals surface area contributed by atoms with Crippen LogP contribution in [-0.2, 0) is 11.2 Å². The number of aliphatic hydroxyl groups excluding tert-OH is 1. The Balaban J connectivity index is 2.36. The van der Waals surface area contributed by atoms with Gasteiger partial charge in [-0.2, -0.15) is 0 Å². The molecule has 90 valence electrons. The van der Waals surface area contributed by atoms with Crippen LogP contribution in [0.5, 0.6) is 11.5 Å². The van der Waals surface area contributed by atoms with Gasteiger partial charge in [0.25, 0.3) is 0 Å². The molecule has 0 aliphatic heterocycles. The first kappa shape index (κ1) is 12.8. The van der Waals surface area contributed by atoms with Crippen molar-refractivity contribution in [1.82, 2.24) is 0 Å². The highest BCUT2D eigenvalue weighted by atomic mass is 16.5. The first-order valence-corrected chi connectivity index (χ1v) is 5.32. The van der Waals surface area contributed by atoms with Gasteiger partial charge in [0, 0.05) is 6.61 Å². The molecule has 0 spiro atoms. The second kappa shape index (κ2) is 7.09.